The molecule has 18 heavy (non-hydrogen) atoms. The molecular formula is C15H22N2O. The second kappa shape index (κ2) is 5.72. The Morgan fingerprint density at radius 1 is 1.22 bits per heavy atom. The van der Waals surface area contributed by atoms with Crippen LogP contribution in [0.3, 0.4) is 0 Å². The fourth-order valence-corrected chi connectivity index (χ4v) is 2.83. The van der Waals surface area contributed by atoms with E-state index in [2.05, 4.69) is 28.4 Å². The highest BCUT2D eigenvalue weighted by Crippen LogP contribution is 2.23. The molecule has 3 heteroatoms. The molecule has 3 rings (SSSR count). The van der Waals surface area contributed by atoms with Gasteiger partial charge in [-0.25, -0.2) is 0 Å². The summed E-state index contributed by atoms with van der Waals surface area (Å²) in [5.74, 6) is 0. The van der Waals surface area contributed by atoms with Gasteiger partial charge in [0.15, 0.2) is 0 Å². The molecule has 2 heterocycles. The van der Waals surface area contributed by atoms with Crippen molar-refractivity contribution in [1.82, 2.24) is 4.90 Å². The normalized spacial score (nSPS) is 19.6. The van der Waals surface area contributed by atoms with Crippen molar-refractivity contribution in [2.45, 2.75) is 19.3 Å². The molecule has 1 aromatic rings. The molecule has 3 nitrogen and oxygen atoms in total. The lowest BCUT2D eigenvalue weighted by Gasteiger charge is -2.26. The summed E-state index contributed by atoms with van der Waals surface area (Å²) >= 11 is 0. The van der Waals surface area contributed by atoms with Gasteiger partial charge in [0.2, 0.25) is 0 Å². The quantitative estimate of drug-likeness (QED) is 0.878. The van der Waals surface area contributed by atoms with Gasteiger partial charge in [-0.05, 0) is 43.0 Å². The molecule has 0 saturated carbocycles. The number of rotatable bonds is 4. The number of fused-ring (bicyclic) bond motifs is 1. The highest BCUT2D eigenvalue weighted by molar-refractivity contribution is 5.57. The fraction of sp³-hybridized carbons (Fsp3) is 0.600. The number of hydrogen-bond acceptors (Lipinski definition) is 3. The maximum atomic E-state index is 5.36. The Morgan fingerprint density at radius 2 is 2.11 bits per heavy atom. The zero-order chi connectivity index (χ0) is 12.2. The molecule has 1 N–H and O–H groups in total. The van der Waals surface area contributed by atoms with Gasteiger partial charge in [-0.3, -0.25) is 4.90 Å². The van der Waals surface area contributed by atoms with Crippen molar-refractivity contribution in [3.05, 3.63) is 29.3 Å². The van der Waals surface area contributed by atoms with Crippen LogP contribution in [0.25, 0.3) is 0 Å². The van der Waals surface area contributed by atoms with Crippen LogP contribution in [-0.4, -0.2) is 44.3 Å². The first kappa shape index (κ1) is 12.0. The van der Waals surface area contributed by atoms with Gasteiger partial charge in [-0.2, -0.15) is 0 Å². The van der Waals surface area contributed by atoms with Crippen molar-refractivity contribution in [3.63, 3.8) is 0 Å². The van der Waals surface area contributed by atoms with E-state index in [0.29, 0.717) is 0 Å². The van der Waals surface area contributed by atoms with E-state index in [1.54, 1.807) is 0 Å². The van der Waals surface area contributed by atoms with E-state index in [0.717, 1.165) is 32.8 Å². The fourth-order valence-electron chi connectivity index (χ4n) is 2.83. The molecule has 0 amide bonds. The van der Waals surface area contributed by atoms with Crippen LogP contribution in [0.5, 0.6) is 0 Å². The molecule has 2 aliphatic heterocycles. The lowest BCUT2D eigenvalue weighted by Crippen LogP contribution is -2.36. The second-order valence-corrected chi connectivity index (χ2v) is 5.23. The number of hydrogen-bond donors (Lipinski definition) is 1. The van der Waals surface area contributed by atoms with Crippen LogP contribution in [0, 0.1) is 0 Å². The monoisotopic (exact) mass is 246 g/mol. The molecular weight excluding hydrogens is 224 g/mol. The van der Waals surface area contributed by atoms with Crippen LogP contribution in [0.4, 0.5) is 5.69 Å². The predicted molar refractivity (Wildman–Crippen MR) is 74.2 cm³/mol. The SMILES string of the molecule is c1cc2c(cc1CCCN1CCOCC1)NCC2. The number of ether oxygens (including phenoxy) is 1. The number of nitrogens with one attached hydrogen (secondary N) is 1. The maximum Gasteiger partial charge on any atom is 0.0594 e. The molecule has 0 aromatic heterocycles. The van der Waals surface area contributed by atoms with E-state index in [-0.39, 0.29) is 0 Å². The zero-order valence-electron chi connectivity index (χ0n) is 11.0. The number of benzene rings is 1. The molecule has 0 unspecified atom stereocenters. The summed E-state index contributed by atoms with van der Waals surface area (Å²) in [7, 11) is 0. The number of anilines is 1. The van der Waals surface area contributed by atoms with Crippen LogP contribution >= 0.6 is 0 Å². The summed E-state index contributed by atoms with van der Waals surface area (Å²) in [6, 6.07) is 6.92. The maximum absolute atomic E-state index is 5.36. The van der Waals surface area contributed by atoms with Crippen molar-refractivity contribution < 1.29 is 4.74 Å². The van der Waals surface area contributed by atoms with E-state index in [1.807, 2.05) is 0 Å². The summed E-state index contributed by atoms with van der Waals surface area (Å²) in [6.45, 7) is 6.32. The summed E-state index contributed by atoms with van der Waals surface area (Å²) in [5.41, 5.74) is 4.31. The first-order chi connectivity index (χ1) is 8.92. The third kappa shape index (κ3) is 2.85. The Bertz CT molecular complexity index is 399. The van der Waals surface area contributed by atoms with Gasteiger partial charge in [-0.15, -0.1) is 0 Å². The summed E-state index contributed by atoms with van der Waals surface area (Å²) < 4.78 is 5.36. The van der Waals surface area contributed by atoms with Gasteiger partial charge in [-0.1, -0.05) is 12.1 Å². The highest BCUT2D eigenvalue weighted by Gasteiger charge is 2.11. The first-order valence-corrected chi connectivity index (χ1v) is 7.07. The summed E-state index contributed by atoms with van der Waals surface area (Å²) in [5, 5.41) is 3.45. The van der Waals surface area contributed by atoms with E-state index < -0.39 is 0 Å². The van der Waals surface area contributed by atoms with Gasteiger partial charge in [0, 0.05) is 25.3 Å². The largest absolute Gasteiger partial charge is 0.384 e. The minimum atomic E-state index is 0.906. The lowest BCUT2D eigenvalue weighted by molar-refractivity contribution is 0.0375. The van der Waals surface area contributed by atoms with E-state index in [9.17, 15) is 0 Å². The third-order valence-corrected chi connectivity index (χ3v) is 3.93. The van der Waals surface area contributed by atoms with Gasteiger partial charge in [0.25, 0.3) is 0 Å². The molecule has 0 bridgehead atoms. The topological polar surface area (TPSA) is 24.5 Å². The molecule has 1 saturated heterocycles. The van der Waals surface area contributed by atoms with Crippen molar-refractivity contribution in [1.29, 1.82) is 0 Å². The second-order valence-electron chi connectivity index (χ2n) is 5.23. The Balaban J connectivity index is 1.48. The molecule has 2 aliphatic rings. The lowest BCUT2D eigenvalue weighted by atomic mass is 10.1. The first-order valence-electron chi connectivity index (χ1n) is 7.07. The van der Waals surface area contributed by atoms with Crippen LogP contribution in [-0.2, 0) is 17.6 Å². The van der Waals surface area contributed by atoms with Crippen molar-refractivity contribution in [3.8, 4) is 0 Å². The molecule has 1 fully saturated rings. The standard InChI is InChI=1S/C15H22N2O/c1(7-17-8-10-18-11-9-17)2-13-3-4-14-5-6-16-15(14)12-13/h3-4,12,16H,1-2,5-11H2. The number of nitrogens with zero attached hydrogens (tertiary/aromatic N) is 1. The average molecular weight is 246 g/mol. The van der Waals surface area contributed by atoms with E-state index >= 15 is 0 Å². The highest BCUT2D eigenvalue weighted by atomic mass is 16.5. The molecule has 98 valence electrons. The van der Waals surface area contributed by atoms with Crippen LogP contribution in [0.15, 0.2) is 18.2 Å². The number of morpholine rings is 1. The summed E-state index contributed by atoms with van der Waals surface area (Å²) in [4.78, 5) is 2.51. The zero-order valence-corrected chi connectivity index (χ0v) is 11.0. The molecule has 0 aliphatic carbocycles. The van der Waals surface area contributed by atoms with E-state index in [4.69, 9.17) is 4.74 Å². The van der Waals surface area contributed by atoms with E-state index in [1.165, 1.54) is 42.6 Å². The minimum Gasteiger partial charge on any atom is -0.384 e. The van der Waals surface area contributed by atoms with Gasteiger partial charge in [0.1, 0.15) is 0 Å². The Morgan fingerprint density at radius 3 is 3.00 bits per heavy atom. The van der Waals surface area contributed by atoms with Crippen LogP contribution in [0.2, 0.25) is 0 Å². The smallest absolute Gasteiger partial charge is 0.0594 e. The van der Waals surface area contributed by atoms with Crippen molar-refractivity contribution in [2.24, 2.45) is 0 Å². The molecule has 0 spiro atoms. The third-order valence-electron chi connectivity index (χ3n) is 3.93. The van der Waals surface area contributed by atoms with Crippen molar-refractivity contribution in [2.75, 3.05) is 44.7 Å². The Hall–Kier alpha value is -1.06. The molecule has 0 atom stereocenters. The Labute approximate surface area is 109 Å². The predicted octanol–water partition coefficient (Wildman–Crippen LogP) is 1.92. The minimum absolute atomic E-state index is 0.906. The van der Waals surface area contributed by atoms with Crippen molar-refractivity contribution >= 4 is 5.69 Å². The molecule has 1 aromatic carbocycles. The van der Waals surface area contributed by atoms with Crippen LogP contribution in [0.1, 0.15) is 17.5 Å². The average Bonchev–Trinajstić information content (AvgIpc) is 2.87. The van der Waals surface area contributed by atoms with Gasteiger partial charge >= 0.3 is 0 Å². The Kier molecular flexibility index (Phi) is 3.81. The van der Waals surface area contributed by atoms with Gasteiger partial charge < -0.3 is 10.1 Å². The van der Waals surface area contributed by atoms with Gasteiger partial charge in [0.05, 0.1) is 13.2 Å². The summed E-state index contributed by atoms with van der Waals surface area (Å²) in [6.07, 6.45) is 3.62. The number of aryl methyl sites for hydroxylation is 1. The molecule has 0 radical (unpaired) electrons. The van der Waals surface area contributed by atoms with Crippen LogP contribution < -0.4 is 5.32 Å².